The number of allylic oxidation sites excluding steroid dienone is 1. The molecule has 1 fully saturated rings. The molecule has 0 saturated carbocycles. The Morgan fingerprint density at radius 3 is 2.43 bits per heavy atom. The number of rotatable bonds is 8. The number of alkyl carbamates (subject to hydrolysis) is 1. The molecule has 4 heterocycles. The predicted octanol–water partition coefficient (Wildman–Crippen LogP) is 7.11. The maximum Gasteiger partial charge on any atom is 0.410 e. The molecule has 47 heavy (non-hydrogen) atoms. The van der Waals surface area contributed by atoms with E-state index in [9.17, 15) is 9.59 Å². The van der Waals surface area contributed by atoms with Crippen molar-refractivity contribution < 1.29 is 19.1 Å². The molecule has 0 unspecified atom stereocenters. The van der Waals surface area contributed by atoms with E-state index >= 15 is 0 Å². The van der Waals surface area contributed by atoms with Gasteiger partial charge in [-0.15, -0.1) is 0 Å². The number of nitrogens with one attached hydrogen (secondary N) is 2. The zero-order chi connectivity index (χ0) is 33.0. The Bertz CT molecular complexity index is 1770. The van der Waals surface area contributed by atoms with Gasteiger partial charge in [-0.05, 0) is 57.2 Å². The molecule has 0 spiro atoms. The zero-order valence-corrected chi connectivity index (χ0v) is 27.1. The molecule has 2 aromatic heterocycles. The number of hydrogen-bond donors (Lipinski definition) is 2. The van der Waals surface area contributed by atoms with Crippen LogP contribution in [0.15, 0.2) is 84.4 Å². The quantitative estimate of drug-likeness (QED) is 0.211. The van der Waals surface area contributed by atoms with Crippen LogP contribution < -0.4 is 5.32 Å². The molecule has 1 saturated heterocycles. The highest BCUT2D eigenvalue weighted by Gasteiger charge is 2.36. The molecule has 242 valence electrons. The highest BCUT2D eigenvalue weighted by Crippen LogP contribution is 2.31. The second-order valence-electron chi connectivity index (χ2n) is 12.8. The van der Waals surface area contributed by atoms with Crippen LogP contribution in [-0.2, 0) is 16.1 Å². The summed E-state index contributed by atoms with van der Waals surface area (Å²) in [6.07, 6.45) is 8.91. The second kappa shape index (κ2) is 13.6. The van der Waals surface area contributed by atoms with Crippen molar-refractivity contribution in [2.75, 3.05) is 6.54 Å². The van der Waals surface area contributed by atoms with E-state index < -0.39 is 11.7 Å². The van der Waals surface area contributed by atoms with Crippen LogP contribution in [0.25, 0.3) is 28.2 Å². The lowest BCUT2D eigenvalue weighted by Gasteiger charge is -2.28. The Labute approximate surface area is 274 Å². The summed E-state index contributed by atoms with van der Waals surface area (Å²) in [7, 11) is 0. The third-order valence-corrected chi connectivity index (χ3v) is 8.05. The Balaban J connectivity index is 1.02. The Hall–Kier alpha value is -5.32. The molecular formula is C36H39N7O4. The number of ether oxygens (including phenoxy) is 2. The molecule has 6 rings (SSSR count). The fourth-order valence-electron chi connectivity index (χ4n) is 5.64. The summed E-state index contributed by atoms with van der Waals surface area (Å²) in [5.74, 6) is 1.24. The number of aromatic nitrogens is 4. The Morgan fingerprint density at radius 2 is 1.70 bits per heavy atom. The lowest BCUT2D eigenvalue weighted by Crippen LogP contribution is -2.43. The SMILES string of the molecule is C[C@H](NC(=O)OCc1ccccc1)c1ncc(-c2ccc(-c3ncc(C4=CN=C([C@@H]5CCCN5C(=O)OC(C)(C)C)C4)cn3)cc2)[nH]1. The summed E-state index contributed by atoms with van der Waals surface area (Å²) in [4.78, 5) is 48.5. The number of imidazole rings is 1. The van der Waals surface area contributed by atoms with Crippen LogP contribution in [0.2, 0.25) is 0 Å². The lowest BCUT2D eigenvalue weighted by atomic mass is 10.0. The van der Waals surface area contributed by atoms with Gasteiger partial charge in [0.2, 0.25) is 0 Å². The number of H-pyrrole nitrogens is 1. The first-order valence-corrected chi connectivity index (χ1v) is 15.8. The minimum Gasteiger partial charge on any atom is -0.445 e. The standard InChI is InChI=1S/C36H39N7O4/c1-23(41-34(44)46-22-24-9-6-5-7-10-24)32-40-21-30(42-32)25-12-14-26(15-13-25)33-38-19-28(20-39-33)27-17-29(37-18-27)31-11-8-16-43(31)35(45)47-36(2,3)4/h5-7,9-10,12-15,18-21,23,31H,8,11,16-17,22H2,1-4H3,(H,40,42)(H,41,44)/t23-,31-/m0/s1. The molecule has 2 N–H and O–H groups in total. The molecule has 2 aliphatic heterocycles. The summed E-state index contributed by atoms with van der Waals surface area (Å²) in [6, 6.07) is 17.0. The monoisotopic (exact) mass is 633 g/mol. The molecule has 11 heteroatoms. The number of likely N-dealkylation sites (tertiary alicyclic amines) is 1. The van der Waals surface area contributed by atoms with Gasteiger partial charge < -0.3 is 19.8 Å². The molecule has 4 aromatic rings. The second-order valence-corrected chi connectivity index (χ2v) is 12.8. The van der Waals surface area contributed by atoms with Crippen molar-refractivity contribution in [3.63, 3.8) is 0 Å². The third-order valence-electron chi connectivity index (χ3n) is 8.05. The highest BCUT2D eigenvalue weighted by molar-refractivity contribution is 6.02. The normalized spacial score (nSPS) is 16.8. The number of hydrogen-bond acceptors (Lipinski definition) is 8. The Morgan fingerprint density at radius 1 is 0.979 bits per heavy atom. The maximum atomic E-state index is 12.8. The molecule has 0 aliphatic carbocycles. The molecule has 2 aliphatic rings. The molecule has 11 nitrogen and oxygen atoms in total. The largest absolute Gasteiger partial charge is 0.445 e. The molecule has 2 aromatic carbocycles. The summed E-state index contributed by atoms with van der Waals surface area (Å²) in [6.45, 7) is 8.36. The average molecular weight is 634 g/mol. The van der Waals surface area contributed by atoms with E-state index in [2.05, 4.69) is 30.2 Å². The van der Waals surface area contributed by atoms with Crippen molar-refractivity contribution >= 4 is 23.5 Å². The first-order chi connectivity index (χ1) is 22.6. The van der Waals surface area contributed by atoms with Crippen LogP contribution >= 0.6 is 0 Å². The smallest absolute Gasteiger partial charge is 0.410 e. The van der Waals surface area contributed by atoms with E-state index in [1.165, 1.54) is 0 Å². The number of carbonyl (C=O) groups is 2. The Kier molecular flexibility index (Phi) is 9.15. The van der Waals surface area contributed by atoms with Gasteiger partial charge in [-0.2, -0.15) is 0 Å². The summed E-state index contributed by atoms with van der Waals surface area (Å²) >= 11 is 0. The van der Waals surface area contributed by atoms with Crippen molar-refractivity contribution in [3.8, 4) is 22.6 Å². The van der Waals surface area contributed by atoms with Gasteiger partial charge in [-0.3, -0.25) is 9.89 Å². The van der Waals surface area contributed by atoms with Crippen LogP contribution in [0, 0.1) is 0 Å². The van der Waals surface area contributed by atoms with Crippen molar-refractivity contribution in [1.82, 2.24) is 30.2 Å². The molecule has 2 atom stereocenters. The molecular weight excluding hydrogens is 594 g/mol. The van der Waals surface area contributed by atoms with Crippen molar-refractivity contribution in [2.24, 2.45) is 4.99 Å². The fraction of sp³-hybridized carbons (Fsp3) is 0.333. The summed E-state index contributed by atoms with van der Waals surface area (Å²) in [5, 5.41) is 2.81. The van der Waals surface area contributed by atoms with Gasteiger partial charge in [0.05, 0.1) is 24.0 Å². The number of amides is 2. The van der Waals surface area contributed by atoms with Crippen molar-refractivity contribution in [1.29, 1.82) is 0 Å². The van der Waals surface area contributed by atoms with E-state index in [0.717, 1.165) is 52.1 Å². The zero-order valence-electron chi connectivity index (χ0n) is 27.1. The van der Waals surface area contributed by atoms with E-state index in [1.54, 1.807) is 11.1 Å². The van der Waals surface area contributed by atoms with E-state index in [0.29, 0.717) is 24.6 Å². The van der Waals surface area contributed by atoms with Crippen LogP contribution in [0.3, 0.4) is 0 Å². The number of benzene rings is 2. The van der Waals surface area contributed by atoms with Gasteiger partial charge in [0.1, 0.15) is 18.0 Å². The number of nitrogens with zero attached hydrogens (tertiary/aromatic N) is 5. The highest BCUT2D eigenvalue weighted by atomic mass is 16.6. The number of aromatic amines is 1. The van der Waals surface area contributed by atoms with Crippen LogP contribution in [0.4, 0.5) is 9.59 Å². The van der Waals surface area contributed by atoms with Gasteiger partial charge in [0.25, 0.3) is 0 Å². The van der Waals surface area contributed by atoms with Gasteiger partial charge >= 0.3 is 12.2 Å². The minimum atomic E-state index is -0.536. The fourth-order valence-corrected chi connectivity index (χ4v) is 5.64. The van der Waals surface area contributed by atoms with Gasteiger partial charge in [0, 0.05) is 48.4 Å². The number of aliphatic imine (C=N–C) groups is 1. The van der Waals surface area contributed by atoms with Crippen LogP contribution in [0.5, 0.6) is 0 Å². The lowest BCUT2D eigenvalue weighted by molar-refractivity contribution is 0.0265. The van der Waals surface area contributed by atoms with Crippen molar-refractivity contribution in [2.45, 2.75) is 71.2 Å². The van der Waals surface area contributed by atoms with E-state index in [4.69, 9.17) is 9.47 Å². The van der Waals surface area contributed by atoms with Crippen LogP contribution in [0.1, 0.15) is 70.0 Å². The van der Waals surface area contributed by atoms with Gasteiger partial charge in [-0.25, -0.2) is 24.5 Å². The first kappa shape index (κ1) is 31.7. The molecule has 0 bridgehead atoms. The van der Waals surface area contributed by atoms with Gasteiger partial charge in [-0.1, -0.05) is 54.6 Å². The van der Waals surface area contributed by atoms with Crippen LogP contribution in [-0.4, -0.2) is 60.9 Å². The number of carbonyl (C=O) groups excluding carboxylic acids is 2. The van der Waals surface area contributed by atoms with Crippen molar-refractivity contribution in [3.05, 3.63) is 96.3 Å². The van der Waals surface area contributed by atoms with E-state index in [-0.39, 0.29) is 24.8 Å². The molecule has 0 radical (unpaired) electrons. The molecule has 2 amide bonds. The topological polar surface area (TPSA) is 135 Å². The van der Waals surface area contributed by atoms with E-state index in [1.807, 2.05) is 101 Å². The minimum absolute atomic E-state index is 0.0517. The van der Waals surface area contributed by atoms with Gasteiger partial charge in [0.15, 0.2) is 5.82 Å². The third kappa shape index (κ3) is 7.74. The average Bonchev–Trinajstić information content (AvgIpc) is 3.85. The predicted molar refractivity (Wildman–Crippen MR) is 179 cm³/mol. The summed E-state index contributed by atoms with van der Waals surface area (Å²) in [5.41, 5.74) is 5.94. The maximum absolute atomic E-state index is 12.8. The summed E-state index contributed by atoms with van der Waals surface area (Å²) < 4.78 is 10.9. The first-order valence-electron chi connectivity index (χ1n) is 15.8.